The predicted molar refractivity (Wildman–Crippen MR) is 109 cm³/mol. The van der Waals surface area contributed by atoms with Crippen LogP contribution in [0.25, 0.3) is 0 Å². The van der Waals surface area contributed by atoms with Gasteiger partial charge in [-0.3, -0.25) is 4.79 Å². The summed E-state index contributed by atoms with van der Waals surface area (Å²) in [6, 6.07) is 10.0. The molecule has 1 aliphatic rings. The molecule has 3 N–H and O–H groups in total. The third-order valence-corrected chi connectivity index (χ3v) is 4.37. The van der Waals surface area contributed by atoms with E-state index in [-0.39, 0.29) is 18.0 Å². The minimum atomic E-state index is -0.338. The summed E-state index contributed by atoms with van der Waals surface area (Å²) in [5, 5.41) is 8.69. The van der Waals surface area contributed by atoms with Crippen LogP contribution in [-0.2, 0) is 0 Å². The molecule has 0 bridgehead atoms. The smallest absolute Gasteiger partial charge is 0.319 e. The Labute approximate surface area is 168 Å². The Bertz CT molecular complexity index is 866. The molecule has 1 fully saturated rings. The average Bonchev–Trinajstić information content (AvgIpc) is 3.48. The Morgan fingerprint density at radius 2 is 1.75 bits per heavy atom. The van der Waals surface area contributed by atoms with E-state index in [9.17, 15) is 9.59 Å². The first kappa shape index (κ1) is 19.8. The third-order valence-electron chi connectivity index (χ3n) is 4.09. The van der Waals surface area contributed by atoms with E-state index in [4.69, 9.17) is 21.1 Å². The molecule has 0 saturated heterocycles. The van der Waals surface area contributed by atoms with E-state index in [1.165, 1.54) is 13.2 Å². The van der Waals surface area contributed by atoms with Gasteiger partial charge in [0.05, 0.1) is 18.7 Å². The number of halogens is 1. The van der Waals surface area contributed by atoms with Crippen LogP contribution in [0.4, 0.5) is 16.2 Å². The van der Waals surface area contributed by atoms with Crippen LogP contribution >= 0.6 is 11.6 Å². The van der Waals surface area contributed by atoms with Gasteiger partial charge in [0.15, 0.2) is 11.5 Å². The summed E-state index contributed by atoms with van der Waals surface area (Å²) < 4.78 is 10.7. The van der Waals surface area contributed by atoms with Crippen LogP contribution in [0.5, 0.6) is 11.5 Å². The first-order valence-electron chi connectivity index (χ1n) is 8.99. The molecule has 28 heavy (non-hydrogen) atoms. The van der Waals surface area contributed by atoms with Gasteiger partial charge in [-0.25, -0.2) is 4.79 Å². The van der Waals surface area contributed by atoms with Crippen molar-refractivity contribution in [2.75, 3.05) is 24.4 Å². The summed E-state index contributed by atoms with van der Waals surface area (Å²) in [5.74, 6) is 0.458. The molecule has 0 aliphatic heterocycles. The fourth-order valence-electron chi connectivity index (χ4n) is 2.56. The number of anilines is 2. The Morgan fingerprint density at radius 1 is 1.11 bits per heavy atom. The molecule has 2 aromatic rings. The summed E-state index contributed by atoms with van der Waals surface area (Å²) in [4.78, 5) is 24.3. The van der Waals surface area contributed by atoms with Crippen molar-refractivity contribution in [1.82, 2.24) is 5.32 Å². The maximum absolute atomic E-state index is 12.5. The van der Waals surface area contributed by atoms with Crippen LogP contribution in [0.2, 0.25) is 5.02 Å². The van der Waals surface area contributed by atoms with E-state index in [0.29, 0.717) is 40.1 Å². The van der Waals surface area contributed by atoms with Crippen LogP contribution in [0.3, 0.4) is 0 Å². The Morgan fingerprint density at radius 3 is 2.32 bits per heavy atom. The number of rotatable bonds is 7. The summed E-state index contributed by atoms with van der Waals surface area (Å²) >= 11 is 6.22. The number of ether oxygens (including phenoxy) is 2. The van der Waals surface area contributed by atoms with Crippen molar-refractivity contribution in [3.05, 3.63) is 47.0 Å². The van der Waals surface area contributed by atoms with Gasteiger partial charge in [0.1, 0.15) is 0 Å². The minimum absolute atomic E-state index is 0.226. The first-order chi connectivity index (χ1) is 13.5. The average molecular weight is 404 g/mol. The highest BCUT2D eigenvalue weighted by Crippen LogP contribution is 2.36. The summed E-state index contributed by atoms with van der Waals surface area (Å²) in [6.07, 6.45) is 2.05. The lowest BCUT2D eigenvalue weighted by atomic mass is 10.1. The van der Waals surface area contributed by atoms with Crippen molar-refractivity contribution < 1.29 is 19.1 Å². The molecule has 3 amide bonds. The Kier molecular flexibility index (Phi) is 6.26. The van der Waals surface area contributed by atoms with Gasteiger partial charge in [0, 0.05) is 23.0 Å². The fourth-order valence-corrected chi connectivity index (χ4v) is 2.82. The number of hydrogen-bond acceptors (Lipinski definition) is 4. The van der Waals surface area contributed by atoms with Gasteiger partial charge < -0.3 is 25.4 Å². The SMILES string of the molecule is CCOc1c(Cl)cc(C(=O)Nc2ccc(NC(=O)NC3CC3)cc2)cc1OC. The third kappa shape index (κ3) is 5.07. The lowest BCUT2D eigenvalue weighted by Crippen LogP contribution is -2.30. The molecule has 1 aliphatic carbocycles. The minimum Gasteiger partial charge on any atom is -0.493 e. The van der Waals surface area contributed by atoms with Gasteiger partial charge in [-0.15, -0.1) is 0 Å². The van der Waals surface area contributed by atoms with Crippen molar-refractivity contribution in [2.24, 2.45) is 0 Å². The molecule has 8 heteroatoms. The molecule has 3 rings (SSSR count). The zero-order valence-corrected chi connectivity index (χ0v) is 16.4. The van der Waals surface area contributed by atoms with Crippen LogP contribution in [-0.4, -0.2) is 31.7 Å². The maximum atomic E-state index is 12.5. The highest BCUT2D eigenvalue weighted by Gasteiger charge is 2.23. The highest BCUT2D eigenvalue weighted by molar-refractivity contribution is 6.32. The molecule has 0 spiro atoms. The number of carbonyl (C=O) groups excluding carboxylic acids is 2. The number of benzene rings is 2. The number of methoxy groups -OCH3 is 1. The molecule has 148 valence electrons. The largest absolute Gasteiger partial charge is 0.493 e. The normalized spacial score (nSPS) is 12.8. The number of carbonyl (C=O) groups is 2. The molecule has 0 unspecified atom stereocenters. The number of amides is 3. The van der Waals surface area contributed by atoms with Crippen LogP contribution in [0.1, 0.15) is 30.1 Å². The van der Waals surface area contributed by atoms with E-state index in [2.05, 4.69) is 16.0 Å². The van der Waals surface area contributed by atoms with Crippen LogP contribution < -0.4 is 25.4 Å². The van der Waals surface area contributed by atoms with E-state index < -0.39 is 0 Å². The molecule has 1 saturated carbocycles. The molecular formula is C20H22ClN3O4. The standard InChI is InChI=1S/C20H22ClN3O4/c1-3-28-18-16(21)10-12(11-17(18)27-2)19(25)22-13-4-6-14(7-5-13)23-20(26)24-15-8-9-15/h4-7,10-11,15H,3,8-9H2,1-2H3,(H,22,25)(H2,23,24,26). The van der Waals surface area contributed by atoms with Crippen molar-refractivity contribution in [3.63, 3.8) is 0 Å². The zero-order chi connectivity index (χ0) is 20.1. The zero-order valence-electron chi connectivity index (χ0n) is 15.7. The second-order valence-electron chi connectivity index (χ2n) is 6.33. The number of urea groups is 1. The second kappa shape index (κ2) is 8.84. The highest BCUT2D eigenvalue weighted by atomic mass is 35.5. The van der Waals surface area contributed by atoms with E-state index in [1.807, 2.05) is 6.92 Å². The lowest BCUT2D eigenvalue weighted by Gasteiger charge is -2.13. The number of hydrogen-bond donors (Lipinski definition) is 3. The summed E-state index contributed by atoms with van der Waals surface area (Å²) in [5.41, 5.74) is 1.57. The quantitative estimate of drug-likeness (QED) is 0.643. The van der Waals surface area contributed by atoms with Crippen LogP contribution in [0.15, 0.2) is 36.4 Å². The summed E-state index contributed by atoms with van der Waals surface area (Å²) in [7, 11) is 1.49. The van der Waals surface area contributed by atoms with Gasteiger partial charge in [0.2, 0.25) is 0 Å². The Balaban J connectivity index is 1.65. The van der Waals surface area contributed by atoms with Gasteiger partial charge in [-0.2, -0.15) is 0 Å². The lowest BCUT2D eigenvalue weighted by molar-refractivity contribution is 0.102. The molecule has 0 aromatic heterocycles. The fraction of sp³-hybridized carbons (Fsp3) is 0.300. The van der Waals surface area contributed by atoms with Crippen LogP contribution in [0, 0.1) is 0 Å². The van der Waals surface area contributed by atoms with Gasteiger partial charge in [0.25, 0.3) is 5.91 Å². The van der Waals surface area contributed by atoms with E-state index >= 15 is 0 Å². The topological polar surface area (TPSA) is 88.7 Å². The van der Waals surface area contributed by atoms with Gasteiger partial charge in [-0.1, -0.05) is 11.6 Å². The van der Waals surface area contributed by atoms with E-state index in [1.54, 1.807) is 30.3 Å². The van der Waals surface area contributed by atoms with E-state index in [0.717, 1.165) is 12.8 Å². The molecule has 0 heterocycles. The van der Waals surface area contributed by atoms with Crippen molar-refractivity contribution in [3.8, 4) is 11.5 Å². The van der Waals surface area contributed by atoms with Crippen molar-refractivity contribution in [1.29, 1.82) is 0 Å². The molecule has 7 nitrogen and oxygen atoms in total. The predicted octanol–water partition coefficient (Wildman–Crippen LogP) is 4.28. The number of nitrogens with one attached hydrogen (secondary N) is 3. The Hall–Kier alpha value is -2.93. The summed E-state index contributed by atoms with van der Waals surface area (Å²) in [6.45, 7) is 2.27. The monoisotopic (exact) mass is 403 g/mol. The van der Waals surface area contributed by atoms with Gasteiger partial charge in [-0.05, 0) is 56.2 Å². The molecular weight excluding hydrogens is 382 g/mol. The molecule has 0 radical (unpaired) electrons. The second-order valence-corrected chi connectivity index (χ2v) is 6.73. The van der Waals surface area contributed by atoms with Crippen molar-refractivity contribution >= 4 is 34.9 Å². The molecule has 2 aromatic carbocycles. The van der Waals surface area contributed by atoms with Crippen molar-refractivity contribution in [2.45, 2.75) is 25.8 Å². The van der Waals surface area contributed by atoms with Gasteiger partial charge >= 0.3 is 6.03 Å². The molecule has 0 atom stereocenters. The first-order valence-corrected chi connectivity index (χ1v) is 9.37. The maximum Gasteiger partial charge on any atom is 0.319 e.